The molecule has 1 heterocycles. The van der Waals surface area contributed by atoms with Gasteiger partial charge in [0.05, 0.1) is 17.2 Å². The first kappa shape index (κ1) is 30.2. The first-order chi connectivity index (χ1) is 19.6. The molecule has 0 bridgehead atoms. The lowest BCUT2D eigenvalue weighted by Gasteiger charge is -2.52. The Labute approximate surface area is 240 Å². The lowest BCUT2D eigenvalue weighted by Crippen LogP contribution is -2.65. The minimum atomic E-state index is -4.87. The van der Waals surface area contributed by atoms with Gasteiger partial charge in [-0.15, -0.1) is 0 Å². The third-order valence-electron chi connectivity index (χ3n) is 9.41. The molecule has 0 amide bonds. The number of allylic oxidation sites excluding steroid dienone is 1. The maximum absolute atomic E-state index is 14.7. The third kappa shape index (κ3) is 4.21. The number of ketones is 3. The summed E-state index contributed by atoms with van der Waals surface area (Å²) in [4.78, 5) is 41.7. The van der Waals surface area contributed by atoms with Gasteiger partial charge < -0.3 is 25.7 Å². The molecule has 5 atom stereocenters. The van der Waals surface area contributed by atoms with Gasteiger partial charge in [-0.1, -0.05) is 6.92 Å². The summed E-state index contributed by atoms with van der Waals surface area (Å²) in [6.07, 6.45) is -4.47. The van der Waals surface area contributed by atoms with Crippen molar-refractivity contribution in [2.45, 2.75) is 83.3 Å². The van der Waals surface area contributed by atoms with Crippen LogP contribution < -0.4 is 5.32 Å². The fourth-order valence-corrected chi connectivity index (χ4v) is 7.68. The molecule has 3 aliphatic carbocycles. The fourth-order valence-electron chi connectivity index (χ4n) is 7.68. The van der Waals surface area contributed by atoms with Crippen molar-refractivity contribution in [1.82, 2.24) is 10.2 Å². The summed E-state index contributed by atoms with van der Waals surface area (Å²) in [5.41, 5.74) is -6.19. The maximum atomic E-state index is 14.7. The van der Waals surface area contributed by atoms with Crippen molar-refractivity contribution in [3.63, 3.8) is 0 Å². The van der Waals surface area contributed by atoms with E-state index in [0.717, 1.165) is 13.0 Å². The summed E-state index contributed by atoms with van der Waals surface area (Å²) in [5, 5.41) is 48.6. The van der Waals surface area contributed by atoms with Gasteiger partial charge in [0.1, 0.15) is 22.8 Å². The van der Waals surface area contributed by atoms with Gasteiger partial charge in [0, 0.05) is 23.6 Å². The number of Topliss-reactive ketones (excluding diaryl/α,β-unsaturated/α-hetero) is 3. The maximum Gasteiger partial charge on any atom is 0.417 e. The van der Waals surface area contributed by atoms with E-state index in [1.165, 1.54) is 0 Å². The Bertz CT molecular complexity index is 1440. The van der Waals surface area contributed by atoms with Gasteiger partial charge in [0.15, 0.2) is 17.2 Å². The van der Waals surface area contributed by atoms with Crippen LogP contribution in [0.25, 0.3) is 0 Å². The van der Waals surface area contributed by atoms with Gasteiger partial charge in [-0.3, -0.25) is 19.3 Å². The zero-order valence-electron chi connectivity index (χ0n) is 23.8. The number of hydrogen-bond acceptors (Lipinski definition) is 9. The zero-order chi connectivity index (χ0) is 31.0. The summed E-state index contributed by atoms with van der Waals surface area (Å²) in [6.45, 7) is 7.17. The minimum Gasteiger partial charge on any atom is -0.510 e. The standard InChI is InChI=1S/C30H35F3N2O7/c1-5-35(12(2)3)24-17-10-14-9-16-22(19(37)11-15(18-7-6-8-34-18)23(16)30(31,32)33)25(38)21(14)28(41)29(17,42)27(40)20(13(4)36)26(24)39/h11-12,14,17-18,24,34,37,39,41-42H,5-10H2,1-4H3/t14-,17-,18?,24-,29+/m0/s1. The molecule has 1 fully saturated rings. The topological polar surface area (TPSA) is 147 Å². The Morgan fingerprint density at radius 3 is 2.40 bits per heavy atom. The SMILES string of the molecule is CCN(C(C)C)[C@@H]1C(O)=C(C(C)=O)C(=O)[C@@]2(O)C(O)=C3C(=O)c4c(O)cc(C5CCCN5)c(C(F)(F)F)c4C[C@H]3C[C@@H]12. The molecule has 1 aromatic carbocycles. The fraction of sp³-hybridized carbons (Fsp3) is 0.567. The Morgan fingerprint density at radius 2 is 1.88 bits per heavy atom. The van der Waals surface area contributed by atoms with Crippen molar-refractivity contribution in [2.24, 2.45) is 11.8 Å². The molecular formula is C30H35F3N2O7. The number of aliphatic hydroxyl groups excluding tert-OH is 2. The summed E-state index contributed by atoms with van der Waals surface area (Å²) in [6, 6.07) is -1.17. The number of fused-ring (bicyclic) bond motifs is 3. The highest BCUT2D eigenvalue weighted by Crippen LogP contribution is 2.54. The normalized spacial score (nSPS) is 29.8. The lowest BCUT2D eigenvalue weighted by molar-refractivity contribution is -0.150. The zero-order valence-corrected chi connectivity index (χ0v) is 23.8. The smallest absolute Gasteiger partial charge is 0.417 e. The quantitative estimate of drug-likeness (QED) is 0.322. The molecule has 5 rings (SSSR count). The van der Waals surface area contributed by atoms with Crippen LogP contribution in [-0.2, 0) is 22.2 Å². The van der Waals surface area contributed by atoms with E-state index in [9.17, 15) is 48.0 Å². The number of carbonyl (C=O) groups excluding carboxylic acids is 3. The largest absolute Gasteiger partial charge is 0.510 e. The molecule has 1 unspecified atom stereocenters. The Hall–Kier alpha value is -3.22. The number of phenolic OH excluding ortho intramolecular Hbond substituents is 1. The molecule has 1 aliphatic heterocycles. The van der Waals surface area contributed by atoms with E-state index in [-0.39, 0.29) is 18.0 Å². The predicted octanol–water partition coefficient (Wildman–Crippen LogP) is 3.84. The summed E-state index contributed by atoms with van der Waals surface area (Å²) in [5.74, 6) is -7.95. The molecule has 0 aromatic heterocycles. The highest BCUT2D eigenvalue weighted by Gasteiger charge is 2.64. The van der Waals surface area contributed by atoms with Crippen LogP contribution in [0, 0.1) is 11.8 Å². The summed E-state index contributed by atoms with van der Waals surface area (Å²) in [7, 11) is 0. The first-order valence-electron chi connectivity index (χ1n) is 14.2. The van der Waals surface area contributed by atoms with Crippen molar-refractivity contribution in [1.29, 1.82) is 0 Å². The third-order valence-corrected chi connectivity index (χ3v) is 9.41. The van der Waals surface area contributed by atoms with Gasteiger partial charge in [-0.05, 0) is 82.7 Å². The van der Waals surface area contributed by atoms with Gasteiger partial charge in [-0.25, -0.2) is 0 Å². The van der Waals surface area contributed by atoms with Crippen LogP contribution in [0.5, 0.6) is 5.75 Å². The molecule has 9 nitrogen and oxygen atoms in total. The van der Waals surface area contributed by atoms with Crippen molar-refractivity contribution in [3.05, 3.63) is 51.0 Å². The van der Waals surface area contributed by atoms with Gasteiger partial charge in [0.2, 0.25) is 5.78 Å². The van der Waals surface area contributed by atoms with Crippen molar-refractivity contribution >= 4 is 17.3 Å². The second-order valence-electron chi connectivity index (χ2n) is 12.0. The van der Waals surface area contributed by atoms with Gasteiger partial charge >= 0.3 is 6.18 Å². The highest BCUT2D eigenvalue weighted by atomic mass is 19.4. The highest BCUT2D eigenvalue weighted by molar-refractivity contribution is 6.25. The second kappa shape index (κ2) is 10.2. The number of nitrogens with one attached hydrogen (secondary N) is 1. The molecule has 42 heavy (non-hydrogen) atoms. The molecule has 1 saturated heterocycles. The Balaban J connectivity index is 1.75. The number of rotatable bonds is 5. The van der Waals surface area contributed by atoms with Crippen LogP contribution in [0.2, 0.25) is 0 Å². The van der Waals surface area contributed by atoms with Crippen molar-refractivity contribution in [3.8, 4) is 5.75 Å². The predicted molar refractivity (Wildman–Crippen MR) is 144 cm³/mol. The first-order valence-corrected chi connectivity index (χ1v) is 14.2. The molecule has 12 heteroatoms. The molecule has 0 saturated carbocycles. The summed E-state index contributed by atoms with van der Waals surface area (Å²) >= 11 is 0. The van der Waals surface area contributed by atoms with E-state index in [1.807, 2.05) is 0 Å². The molecule has 4 aliphatic rings. The number of aromatic hydroxyl groups is 1. The Morgan fingerprint density at radius 1 is 1.21 bits per heavy atom. The van der Waals surface area contributed by atoms with Crippen LogP contribution in [0.15, 0.2) is 28.7 Å². The summed E-state index contributed by atoms with van der Waals surface area (Å²) < 4.78 is 44.0. The molecule has 5 N–H and O–H groups in total. The number of carbonyl (C=O) groups is 3. The van der Waals surface area contributed by atoms with Gasteiger partial charge in [0.25, 0.3) is 0 Å². The number of halogens is 3. The van der Waals surface area contributed by atoms with Crippen LogP contribution in [0.3, 0.4) is 0 Å². The van der Waals surface area contributed by atoms with E-state index in [0.29, 0.717) is 25.9 Å². The van der Waals surface area contributed by atoms with E-state index in [2.05, 4.69) is 5.32 Å². The monoisotopic (exact) mass is 592 g/mol. The average Bonchev–Trinajstić information content (AvgIpc) is 3.42. The molecule has 0 radical (unpaired) electrons. The number of aliphatic hydroxyl groups is 3. The molecule has 1 aromatic rings. The average molecular weight is 593 g/mol. The Kier molecular flexibility index (Phi) is 7.35. The van der Waals surface area contributed by atoms with E-state index < -0.39 is 105 Å². The van der Waals surface area contributed by atoms with Crippen molar-refractivity contribution in [2.75, 3.05) is 13.1 Å². The number of phenols is 1. The van der Waals surface area contributed by atoms with Crippen LogP contribution >= 0.6 is 0 Å². The van der Waals surface area contributed by atoms with Gasteiger partial charge in [-0.2, -0.15) is 13.2 Å². The number of benzene rings is 1. The van der Waals surface area contributed by atoms with Crippen LogP contribution in [0.4, 0.5) is 13.2 Å². The number of alkyl halides is 3. The molecule has 228 valence electrons. The van der Waals surface area contributed by atoms with E-state index >= 15 is 0 Å². The van der Waals surface area contributed by atoms with Crippen LogP contribution in [-0.4, -0.2) is 73.4 Å². The second-order valence-corrected chi connectivity index (χ2v) is 12.0. The lowest BCUT2D eigenvalue weighted by atomic mass is 9.58. The van der Waals surface area contributed by atoms with Crippen LogP contribution in [0.1, 0.15) is 80.0 Å². The van der Waals surface area contributed by atoms with E-state index in [1.54, 1.807) is 25.7 Å². The number of likely N-dealkylation sites (N-methyl/N-ethyl adjacent to an activating group) is 1. The molecular weight excluding hydrogens is 557 g/mol. The van der Waals surface area contributed by atoms with E-state index in [4.69, 9.17) is 0 Å². The molecule has 0 spiro atoms. The van der Waals surface area contributed by atoms with Crippen molar-refractivity contribution < 1.29 is 48.0 Å². The minimum absolute atomic E-state index is 0.164. The number of hydrogen-bond donors (Lipinski definition) is 5. The number of nitrogens with zero attached hydrogens (tertiary/aromatic N) is 1.